The Labute approximate surface area is 125 Å². The number of furan rings is 1. The molecule has 2 rings (SSSR count). The van der Waals surface area contributed by atoms with Gasteiger partial charge in [0.15, 0.2) is 0 Å². The van der Waals surface area contributed by atoms with E-state index in [9.17, 15) is 13.2 Å². The summed E-state index contributed by atoms with van der Waals surface area (Å²) in [6, 6.07) is 9.79. The van der Waals surface area contributed by atoms with Gasteiger partial charge < -0.3 is 9.73 Å². The van der Waals surface area contributed by atoms with Gasteiger partial charge in [-0.05, 0) is 36.8 Å². The van der Waals surface area contributed by atoms with Crippen molar-refractivity contribution in [2.24, 2.45) is 0 Å². The van der Waals surface area contributed by atoms with Crippen LogP contribution in [0.5, 0.6) is 0 Å². The first kappa shape index (κ1) is 16.0. The van der Waals surface area contributed by atoms with Crippen molar-refractivity contribution in [3.63, 3.8) is 0 Å². The van der Waals surface area contributed by atoms with Crippen molar-refractivity contribution in [2.45, 2.75) is 31.0 Å². The first-order valence-electron chi connectivity index (χ1n) is 6.51. The maximum absolute atomic E-state index is 12.8. The van der Waals surface area contributed by atoms with Gasteiger partial charge in [-0.25, -0.2) is 4.39 Å². The standard InChI is InChI=1S/C15H16F3NOS/c1-10(11-2-4-12(16)5-3-11)19-8-13-6-7-14(20-13)9-21-15(17)18/h2-7,10,15,19H,8-9H2,1H3. The maximum atomic E-state index is 12.8. The van der Waals surface area contributed by atoms with Crippen molar-refractivity contribution < 1.29 is 17.6 Å². The molecule has 0 aliphatic heterocycles. The lowest BCUT2D eigenvalue weighted by molar-refractivity contribution is 0.251. The number of benzene rings is 1. The molecule has 0 saturated carbocycles. The largest absolute Gasteiger partial charge is 0.464 e. The summed E-state index contributed by atoms with van der Waals surface area (Å²) in [7, 11) is 0. The number of rotatable bonds is 7. The third-order valence-electron chi connectivity index (χ3n) is 3.02. The lowest BCUT2D eigenvalue weighted by Gasteiger charge is -2.13. The summed E-state index contributed by atoms with van der Waals surface area (Å²) in [6.45, 7) is 2.45. The van der Waals surface area contributed by atoms with Crippen LogP contribution in [-0.2, 0) is 12.3 Å². The fourth-order valence-corrected chi connectivity index (χ4v) is 2.31. The number of hydrogen-bond donors (Lipinski definition) is 1. The van der Waals surface area contributed by atoms with Gasteiger partial charge in [0.2, 0.25) is 0 Å². The summed E-state index contributed by atoms with van der Waals surface area (Å²) in [5.74, 6) is -1.28. The first-order valence-corrected chi connectivity index (χ1v) is 7.55. The van der Waals surface area contributed by atoms with E-state index in [1.54, 1.807) is 24.3 Å². The lowest BCUT2D eigenvalue weighted by atomic mass is 10.1. The number of thioether (sulfide) groups is 1. The fourth-order valence-electron chi connectivity index (χ4n) is 1.86. The molecule has 1 N–H and O–H groups in total. The van der Waals surface area contributed by atoms with Crippen LogP contribution in [0, 0.1) is 5.82 Å². The Morgan fingerprint density at radius 3 is 2.43 bits per heavy atom. The molecule has 0 bridgehead atoms. The van der Waals surface area contributed by atoms with E-state index in [1.165, 1.54) is 12.1 Å². The number of hydrogen-bond acceptors (Lipinski definition) is 3. The molecule has 1 unspecified atom stereocenters. The third-order valence-corrected chi connectivity index (χ3v) is 3.72. The second-order valence-corrected chi connectivity index (χ2v) is 5.57. The highest BCUT2D eigenvalue weighted by Crippen LogP contribution is 2.21. The Kier molecular flexibility index (Phi) is 5.76. The molecule has 0 aliphatic rings. The minimum atomic E-state index is -2.39. The van der Waals surface area contributed by atoms with E-state index in [0.29, 0.717) is 29.8 Å². The van der Waals surface area contributed by atoms with Gasteiger partial charge in [-0.2, -0.15) is 8.78 Å². The topological polar surface area (TPSA) is 25.2 Å². The van der Waals surface area contributed by atoms with E-state index in [-0.39, 0.29) is 17.6 Å². The number of halogens is 3. The Morgan fingerprint density at radius 2 is 1.76 bits per heavy atom. The molecule has 6 heteroatoms. The van der Waals surface area contributed by atoms with Crippen LogP contribution in [0.25, 0.3) is 0 Å². The first-order chi connectivity index (χ1) is 10.0. The van der Waals surface area contributed by atoms with Gasteiger partial charge in [0, 0.05) is 6.04 Å². The summed E-state index contributed by atoms with van der Waals surface area (Å²) < 4.78 is 42.5. The zero-order valence-corrected chi connectivity index (χ0v) is 12.3. The van der Waals surface area contributed by atoms with E-state index in [1.807, 2.05) is 6.92 Å². The van der Waals surface area contributed by atoms with Crippen LogP contribution in [-0.4, -0.2) is 5.76 Å². The van der Waals surface area contributed by atoms with Crippen LogP contribution in [0.4, 0.5) is 13.2 Å². The highest BCUT2D eigenvalue weighted by atomic mass is 32.2. The second kappa shape index (κ2) is 7.56. The quantitative estimate of drug-likeness (QED) is 0.800. The van der Waals surface area contributed by atoms with Gasteiger partial charge >= 0.3 is 0 Å². The van der Waals surface area contributed by atoms with Crippen molar-refractivity contribution in [1.82, 2.24) is 5.32 Å². The Bertz CT molecular complexity index is 556. The van der Waals surface area contributed by atoms with Crippen LogP contribution in [0.15, 0.2) is 40.8 Å². The molecule has 0 saturated heterocycles. The van der Waals surface area contributed by atoms with Crippen molar-refractivity contribution in [1.29, 1.82) is 0 Å². The normalized spacial score (nSPS) is 12.8. The highest BCUT2D eigenvalue weighted by molar-refractivity contribution is 7.98. The molecule has 1 aromatic heterocycles. The molecular weight excluding hydrogens is 299 g/mol. The van der Waals surface area contributed by atoms with Crippen LogP contribution in [0.3, 0.4) is 0 Å². The summed E-state index contributed by atoms with van der Waals surface area (Å²) in [6.07, 6.45) is 0. The summed E-state index contributed by atoms with van der Waals surface area (Å²) in [5, 5.41) is 3.24. The van der Waals surface area contributed by atoms with E-state index >= 15 is 0 Å². The van der Waals surface area contributed by atoms with Crippen molar-refractivity contribution in [3.8, 4) is 0 Å². The molecule has 0 radical (unpaired) electrons. The maximum Gasteiger partial charge on any atom is 0.284 e. The van der Waals surface area contributed by atoms with Crippen molar-refractivity contribution >= 4 is 11.8 Å². The van der Waals surface area contributed by atoms with Crippen LogP contribution in [0.1, 0.15) is 30.0 Å². The molecule has 0 aliphatic carbocycles. The molecule has 21 heavy (non-hydrogen) atoms. The molecule has 2 nitrogen and oxygen atoms in total. The second-order valence-electron chi connectivity index (χ2n) is 4.59. The molecule has 1 heterocycles. The Morgan fingerprint density at radius 1 is 1.10 bits per heavy atom. The van der Waals surface area contributed by atoms with E-state index in [2.05, 4.69) is 5.32 Å². The lowest BCUT2D eigenvalue weighted by Crippen LogP contribution is -2.17. The summed E-state index contributed by atoms with van der Waals surface area (Å²) in [4.78, 5) is 0. The molecule has 0 spiro atoms. The van der Waals surface area contributed by atoms with Gasteiger partial charge in [-0.3, -0.25) is 0 Å². The SMILES string of the molecule is CC(NCc1ccc(CSC(F)F)o1)c1ccc(F)cc1. The number of nitrogens with one attached hydrogen (secondary N) is 1. The predicted octanol–water partition coefficient (Wildman–Crippen LogP) is 4.73. The van der Waals surface area contributed by atoms with Gasteiger partial charge in [0.05, 0.1) is 12.3 Å². The third kappa shape index (κ3) is 5.13. The number of alkyl halides is 2. The van der Waals surface area contributed by atoms with E-state index in [0.717, 1.165) is 5.56 Å². The van der Waals surface area contributed by atoms with E-state index < -0.39 is 5.76 Å². The van der Waals surface area contributed by atoms with Crippen LogP contribution >= 0.6 is 11.8 Å². The van der Waals surface area contributed by atoms with Crippen LogP contribution < -0.4 is 5.32 Å². The monoisotopic (exact) mass is 315 g/mol. The summed E-state index contributed by atoms with van der Waals surface area (Å²) >= 11 is 0.537. The average Bonchev–Trinajstić information content (AvgIpc) is 2.91. The predicted molar refractivity (Wildman–Crippen MR) is 77.7 cm³/mol. The smallest absolute Gasteiger partial charge is 0.284 e. The van der Waals surface area contributed by atoms with E-state index in [4.69, 9.17) is 4.42 Å². The highest BCUT2D eigenvalue weighted by Gasteiger charge is 2.09. The molecular formula is C15H16F3NOS. The van der Waals surface area contributed by atoms with Gasteiger partial charge in [0.1, 0.15) is 17.3 Å². The molecule has 114 valence electrons. The van der Waals surface area contributed by atoms with Gasteiger partial charge in [-0.1, -0.05) is 23.9 Å². The molecule has 0 amide bonds. The zero-order valence-electron chi connectivity index (χ0n) is 11.5. The zero-order chi connectivity index (χ0) is 15.2. The molecule has 0 fully saturated rings. The van der Waals surface area contributed by atoms with Crippen molar-refractivity contribution in [3.05, 3.63) is 59.3 Å². The molecule has 1 aromatic carbocycles. The minimum Gasteiger partial charge on any atom is -0.464 e. The minimum absolute atomic E-state index is 0.0367. The van der Waals surface area contributed by atoms with Gasteiger partial charge in [0.25, 0.3) is 5.76 Å². The van der Waals surface area contributed by atoms with Crippen LogP contribution in [0.2, 0.25) is 0 Å². The average molecular weight is 315 g/mol. The molecule has 1 atom stereocenters. The van der Waals surface area contributed by atoms with Crippen molar-refractivity contribution in [2.75, 3.05) is 0 Å². The Hall–Kier alpha value is -1.40. The van der Waals surface area contributed by atoms with Gasteiger partial charge in [-0.15, -0.1) is 0 Å². The fraction of sp³-hybridized carbons (Fsp3) is 0.333. The molecule has 2 aromatic rings. The summed E-state index contributed by atoms with van der Waals surface area (Å²) in [5.41, 5.74) is 0.969. The Balaban J connectivity index is 1.83.